The van der Waals surface area contributed by atoms with E-state index in [0.717, 1.165) is 23.6 Å². The molecule has 0 spiro atoms. The smallest absolute Gasteiger partial charge is 0.326 e. The number of carbonyl (C=O) groups excluding carboxylic acids is 2. The molecule has 0 amide bonds. The number of esters is 1. The number of carbonyl (C=O) groups is 2. The molecular formula is C18H20N2O3S2. The van der Waals surface area contributed by atoms with Gasteiger partial charge in [-0.2, -0.15) is 0 Å². The van der Waals surface area contributed by atoms with Gasteiger partial charge in [-0.05, 0) is 19.4 Å². The van der Waals surface area contributed by atoms with Crippen LogP contribution in [0.15, 0.2) is 30.3 Å². The quantitative estimate of drug-likeness (QED) is 0.638. The highest BCUT2D eigenvalue weighted by Gasteiger charge is 2.38. The average molecular weight is 377 g/mol. The number of rotatable bonds is 5. The van der Waals surface area contributed by atoms with Crippen molar-refractivity contribution >= 4 is 35.3 Å². The number of nitrogens with one attached hydrogen (secondary N) is 1. The van der Waals surface area contributed by atoms with Gasteiger partial charge >= 0.3 is 5.97 Å². The number of ketones is 1. The first kappa shape index (κ1) is 18.1. The maximum absolute atomic E-state index is 12.0. The monoisotopic (exact) mass is 376 g/mol. The van der Waals surface area contributed by atoms with Crippen LogP contribution in [0, 0.1) is 6.92 Å². The van der Waals surface area contributed by atoms with E-state index in [-0.39, 0.29) is 17.0 Å². The normalized spacial score (nSPS) is 20.5. The van der Waals surface area contributed by atoms with Crippen molar-refractivity contribution in [2.75, 3.05) is 12.4 Å². The number of Topliss-reactive ketones (excluding diaryl/α,β-unsaturated/α-hetero) is 1. The standard InChI is InChI=1S/C18H20N2O3S2/c1-3-23-17(22)16-13(21)10-24-18(25-16)15-11(2)19-14(20-15)9-12-7-5-4-6-8-12/h4-8,16,18H,3,9-10H2,1-2H3,(H,19,20). The van der Waals surface area contributed by atoms with E-state index < -0.39 is 11.2 Å². The summed E-state index contributed by atoms with van der Waals surface area (Å²) in [6.45, 7) is 4.01. The lowest BCUT2D eigenvalue weighted by Crippen LogP contribution is -2.34. The SMILES string of the molecule is CCOC(=O)C1SC(c2nc(Cc3ccccc3)[nH]c2C)SCC1=O. The van der Waals surface area contributed by atoms with E-state index in [1.165, 1.54) is 29.1 Å². The second-order valence-corrected chi connectivity index (χ2v) is 8.34. The molecule has 7 heteroatoms. The number of hydrogen-bond donors (Lipinski definition) is 1. The Kier molecular flexibility index (Phi) is 5.86. The minimum absolute atomic E-state index is 0.0483. The van der Waals surface area contributed by atoms with Crippen LogP contribution in [0.25, 0.3) is 0 Å². The zero-order valence-corrected chi connectivity index (χ0v) is 15.8. The van der Waals surface area contributed by atoms with Crippen molar-refractivity contribution in [2.45, 2.75) is 30.1 Å². The molecule has 3 rings (SSSR count). The summed E-state index contributed by atoms with van der Waals surface area (Å²) in [5.41, 5.74) is 3.07. The van der Waals surface area contributed by atoms with Crippen LogP contribution in [0.4, 0.5) is 0 Å². The molecule has 1 saturated heterocycles. The van der Waals surface area contributed by atoms with Crippen LogP contribution in [0.1, 0.15) is 34.3 Å². The molecule has 2 unspecified atom stereocenters. The van der Waals surface area contributed by atoms with Gasteiger partial charge in [0.2, 0.25) is 0 Å². The van der Waals surface area contributed by atoms with Gasteiger partial charge in [0, 0.05) is 12.1 Å². The van der Waals surface area contributed by atoms with Gasteiger partial charge in [-0.1, -0.05) is 30.3 Å². The first-order valence-electron chi connectivity index (χ1n) is 8.14. The van der Waals surface area contributed by atoms with Gasteiger partial charge < -0.3 is 9.72 Å². The molecule has 1 N–H and O–H groups in total. The van der Waals surface area contributed by atoms with E-state index in [2.05, 4.69) is 17.1 Å². The number of nitrogens with zero attached hydrogens (tertiary/aromatic N) is 1. The molecule has 0 aliphatic carbocycles. The third-order valence-corrected chi connectivity index (χ3v) is 6.76. The van der Waals surface area contributed by atoms with E-state index in [4.69, 9.17) is 9.72 Å². The molecule has 1 aromatic carbocycles. The summed E-state index contributed by atoms with van der Waals surface area (Å²) in [5.74, 6) is 0.675. The van der Waals surface area contributed by atoms with Gasteiger partial charge in [0.1, 0.15) is 5.82 Å². The van der Waals surface area contributed by atoms with Gasteiger partial charge in [0.25, 0.3) is 0 Å². The number of thioether (sulfide) groups is 2. The molecule has 132 valence electrons. The Hall–Kier alpha value is -1.73. The number of hydrogen-bond acceptors (Lipinski definition) is 6. The van der Waals surface area contributed by atoms with Gasteiger partial charge in [0.05, 0.1) is 22.6 Å². The molecule has 1 aromatic heterocycles. The predicted octanol–water partition coefficient (Wildman–Crippen LogP) is 3.29. The zero-order chi connectivity index (χ0) is 17.8. The molecular weight excluding hydrogens is 356 g/mol. The second-order valence-electron chi connectivity index (χ2n) is 5.73. The number of aryl methyl sites for hydroxylation is 1. The van der Waals surface area contributed by atoms with E-state index in [1.807, 2.05) is 25.1 Å². The Labute approximate surface area is 155 Å². The van der Waals surface area contributed by atoms with Crippen molar-refractivity contribution < 1.29 is 14.3 Å². The van der Waals surface area contributed by atoms with E-state index >= 15 is 0 Å². The summed E-state index contributed by atoms with van der Waals surface area (Å²) in [4.78, 5) is 32.1. The largest absolute Gasteiger partial charge is 0.465 e. The molecule has 0 radical (unpaired) electrons. The number of H-pyrrole nitrogens is 1. The highest BCUT2D eigenvalue weighted by Crippen LogP contribution is 2.46. The summed E-state index contributed by atoms with van der Waals surface area (Å²) in [5, 5.41) is -0.750. The fourth-order valence-electron chi connectivity index (χ4n) is 2.66. The van der Waals surface area contributed by atoms with Crippen molar-refractivity contribution in [1.82, 2.24) is 9.97 Å². The third kappa shape index (κ3) is 4.27. The van der Waals surface area contributed by atoms with Gasteiger partial charge in [-0.3, -0.25) is 9.59 Å². The summed E-state index contributed by atoms with van der Waals surface area (Å²) in [6, 6.07) is 10.1. The number of aromatic amines is 1. The maximum Gasteiger partial charge on any atom is 0.326 e. The van der Waals surface area contributed by atoms with Crippen LogP contribution < -0.4 is 0 Å². The molecule has 2 aromatic rings. The van der Waals surface area contributed by atoms with Gasteiger partial charge in [-0.15, -0.1) is 23.5 Å². The minimum atomic E-state index is -0.750. The van der Waals surface area contributed by atoms with Crippen molar-refractivity contribution in [2.24, 2.45) is 0 Å². The first-order chi connectivity index (χ1) is 12.1. The van der Waals surface area contributed by atoms with E-state index in [9.17, 15) is 9.59 Å². The van der Waals surface area contributed by atoms with E-state index in [0.29, 0.717) is 5.75 Å². The van der Waals surface area contributed by atoms with Crippen molar-refractivity contribution in [3.63, 3.8) is 0 Å². The highest BCUT2D eigenvalue weighted by molar-refractivity contribution is 8.18. The van der Waals surface area contributed by atoms with Crippen molar-refractivity contribution in [3.8, 4) is 0 Å². The lowest BCUT2D eigenvalue weighted by Gasteiger charge is -2.25. The maximum atomic E-state index is 12.0. The highest BCUT2D eigenvalue weighted by atomic mass is 32.2. The van der Waals surface area contributed by atoms with Crippen LogP contribution in [0.2, 0.25) is 0 Å². The summed E-state index contributed by atoms with van der Waals surface area (Å²) in [7, 11) is 0. The van der Waals surface area contributed by atoms with E-state index in [1.54, 1.807) is 6.92 Å². The predicted molar refractivity (Wildman–Crippen MR) is 101 cm³/mol. The molecule has 1 aliphatic heterocycles. The van der Waals surface area contributed by atoms with Crippen LogP contribution in [0.3, 0.4) is 0 Å². The lowest BCUT2D eigenvalue weighted by molar-refractivity contribution is -0.144. The number of ether oxygens (including phenoxy) is 1. The zero-order valence-electron chi connectivity index (χ0n) is 14.2. The third-order valence-electron chi connectivity index (χ3n) is 3.84. The van der Waals surface area contributed by atoms with Crippen molar-refractivity contribution in [1.29, 1.82) is 0 Å². The van der Waals surface area contributed by atoms with Crippen LogP contribution in [-0.4, -0.2) is 39.3 Å². The number of aromatic nitrogens is 2. The molecule has 1 fully saturated rings. The minimum Gasteiger partial charge on any atom is -0.465 e. The van der Waals surface area contributed by atoms with Gasteiger partial charge in [0.15, 0.2) is 11.0 Å². The fourth-order valence-corrected chi connectivity index (χ4v) is 5.51. The first-order valence-corrected chi connectivity index (χ1v) is 10.1. The van der Waals surface area contributed by atoms with Crippen LogP contribution >= 0.6 is 23.5 Å². The van der Waals surface area contributed by atoms with Gasteiger partial charge in [-0.25, -0.2) is 4.98 Å². The Morgan fingerprint density at radius 2 is 2.12 bits per heavy atom. The molecule has 1 aliphatic rings. The Bertz CT molecular complexity index is 761. The second kappa shape index (κ2) is 8.10. The number of benzene rings is 1. The molecule has 25 heavy (non-hydrogen) atoms. The molecule has 0 bridgehead atoms. The molecule has 2 atom stereocenters. The molecule has 2 heterocycles. The lowest BCUT2D eigenvalue weighted by atomic mass is 10.1. The Morgan fingerprint density at radius 1 is 1.36 bits per heavy atom. The Balaban J connectivity index is 1.75. The molecule has 5 nitrogen and oxygen atoms in total. The number of imidazole rings is 1. The Morgan fingerprint density at radius 3 is 2.84 bits per heavy atom. The van der Waals surface area contributed by atoms with Crippen LogP contribution in [0.5, 0.6) is 0 Å². The van der Waals surface area contributed by atoms with Crippen molar-refractivity contribution in [3.05, 3.63) is 53.1 Å². The average Bonchev–Trinajstić information content (AvgIpc) is 2.96. The summed E-state index contributed by atoms with van der Waals surface area (Å²) >= 11 is 2.85. The van der Waals surface area contributed by atoms with Crippen LogP contribution in [-0.2, 0) is 20.7 Å². The topological polar surface area (TPSA) is 72.0 Å². The summed E-state index contributed by atoms with van der Waals surface area (Å²) in [6.07, 6.45) is 0.726. The molecule has 0 saturated carbocycles. The fraction of sp³-hybridized carbons (Fsp3) is 0.389. The summed E-state index contributed by atoms with van der Waals surface area (Å²) < 4.78 is 4.98.